The van der Waals surface area contributed by atoms with Crippen molar-refractivity contribution in [2.24, 2.45) is 0 Å². The van der Waals surface area contributed by atoms with Gasteiger partial charge in [0.05, 0.1) is 0 Å². The molecule has 0 aliphatic carbocycles. The fourth-order valence-electron chi connectivity index (χ4n) is 9.25. The second-order valence-electron chi connectivity index (χ2n) is 16.0. The van der Waals surface area contributed by atoms with Gasteiger partial charge in [-0.2, -0.15) is 0 Å². The van der Waals surface area contributed by atoms with Gasteiger partial charge >= 0.3 is 0 Å². The van der Waals surface area contributed by atoms with Gasteiger partial charge in [0.1, 0.15) is 0 Å². The molecule has 0 nitrogen and oxygen atoms in total. The second-order valence-corrected chi connectivity index (χ2v) is 16.0. The van der Waals surface area contributed by atoms with Crippen molar-refractivity contribution in [1.82, 2.24) is 0 Å². The SMILES string of the molecule is c1ccc(-c2ccc(-c3cccc(-c4c5ccccc5c(-c5cccc(-c6ccc(-c7ccccc7)cc6)c5)c5cc(-c6ccccc6-c6ccccc6)ccc45)c3)cc2)cc1. The molecular weight excluding hydrogens is 745 g/mol. The molecule has 0 N–H and O–H groups in total. The van der Waals surface area contributed by atoms with E-state index in [0.717, 1.165) is 0 Å². The van der Waals surface area contributed by atoms with E-state index in [4.69, 9.17) is 0 Å². The van der Waals surface area contributed by atoms with Crippen LogP contribution in [0.3, 0.4) is 0 Å². The molecule has 0 aliphatic rings. The Morgan fingerprint density at radius 1 is 0.145 bits per heavy atom. The topological polar surface area (TPSA) is 0 Å². The third-order valence-corrected chi connectivity index (χ3v) is 12.3. The average Bonchev–Trinajstić information content (AvgIpc) is 3.36. The summed E-state index contributed by atoms with van der Waals surface area (Å²) < 4.78 is 0. The van der Waals surface area contributed by atoms with Crippen molar-refractivity contribution in [2.75, 3.05) is 0 Å². The molecule has 11 rings (SSSR count). The lowest BCUT2D eigenvalue weighted by atomic mass is 9.83. The maximum Gasteiger partial charge on any atom is -0.00259 e. The first-order chi connectivity index (χ1) is 30.7. The Bertz CT molecular complexity index is 3340. The Morgan fingerprint density at radius 3 is 0.935 bits per heavy atom. The number of fused-ring (bicyclic) bond motifs is 2. The van der Waals surface area contributed by atoms with Gasteiger partial charge in [-0.25, -0.2) is 0 Å². The van der Waals surface area contributed by atoms with Crippen LogP contribution in [0, 0.1) is 0 Å². The molecule has 0 saturated carbocycles. The van der Waals surface area contributed by atoms with E-state index in [9.17, 15) is 0 Å². The summed E-state index contributed by atoms with van der Waals surface area (Å²) >= 11 is 0. The van der Waals surface area contributed by atoms with Gasteiger partial charge in [-0.3, -0.25) is 0 Å². The molecule has 0 aromatic heterocycles. The molecule has 0 radical (unpaired) electrons. The molecule has 290 valence electrons. The molecule has 0 saturated heterocycles. The lowest BCUT2D eigenvalue weighted by Gasteiger charge is -2.20. The molecule has 0 atom stereocenters. The van der Waals surface area contributed by atoms with Crippen LogP contribution in [0.25, 0.3) is 111 Å². The van der Waals surface area contributed by atoms with Crippen molar-refractivity contribution >= 4 is 21.5 Å². The van der Waals surface area contributed by atoms with E-state index in [1.807, 2.05) is 0 Å². The van der Waals surface area contributed by atoms with E-state index < -0.39 is 0 Å². The molecule has 62 heavy (non-hydrogen) atoms. The van der Waals surface area contributed by atoms with Crippen molar-refractivity contribution < 1.29 is 0 Å². The van der Waals surface area contributed by atoms with Gasteiger partial charge < -0.3 is 0 Å². The molecular formula is C62H42. The minimum Gasteiger partial charge on any atom is -0.0622 e. The number of hydrogen-bond acceptors (Lipinski definition) is 0. The minimum absolute atomic E-state index is 1.19. The fraction of sp³-hybridized carbons (Fsp3) is 0. The molecule has 0 heterocycles. The number of hydrogen-bond donors (Lipinski definition) is 0. The van der Waals surface area contributed by atoms with Crippen LogP contribution in [0.2, 0.25) is 0 Å². The predicted molar refractivity (Wildman–Crippen MR) is 265 cm³/mol. The van der Waals surface area contributed by atoms with Crippen LogP contribution in [0.5, 0.6) is 0 Å². The zero-order valence-electron chi connectivity index (χ0n) is 34.2. The molecule has 11 aromatic rings. The summed E-state index contributed by atoms with van der Waals surface area (Å²) in [5.74, 6) is 0. The predicted octanol–water partition coefficient (Wildman–Crippen LogP) is 17.3. The first-order valence-electron chi connectivity index (χ1n) is 21.4. The van der Waals surface area contributed by atoms with Crippen LogP contribution >= 0.6 is 0 Å². The molecule has 0 spiro atoms. The summed E-state index contributed by atoms with van der Waals surface area (Å²) in [6.45, 7) is 0. The van der Waals surface area contributed by atoms with E-state index in [-0.39, 0.29) is 0 Å². The Balaban J connectivity index is 1.11. The summed E-state index contributed by atoms with van der Waals surface area (Å²) in [5, 5.41) is 4.93. The summed E-state index contributed by atoms with van der Waals surface area (Å²) in [6.07, 6.45) is 0. The van der Waals surface area contributed by atoms with Crippen LogP contribution in [-0.2, 0) is 0 Å². The largest absolute Gasteiger partial charge is 0.0622 e. The van der Waals surface area contributed by atoms with E-state index in [1.165, 1.54) is 111 Å². The molecule has 0 amide bonds. The van der Waals surface area contributed by atoms with Crippen molar-refractivity contribution in [1.29, 1.82) is 0 Å². The zero-order valence-corrected chi connectivity index (χ0v) is 34.2. The number of rotatable bonds is 8. The normalized spacial score (nSPS) is 11.2. The Labute approximate surface area is 363 Å². The lowest BCUT2D eigenvalue weighted by molar-refractivity contribution is 1.58. The molecule has 0 unspecified atom stereocenters. The van der Waals surface area contributed by atoms with Crippen molar-refractivity contribution in [3.05, 3.63) is 255 Å². The minimum atomic E-state index is 1.19. The highest BCUT2D eigenvalue weighted by atomic mass is 14.2. The smallest absolute Gasteiger partial charge is 0.00259 e. The van der Waals surface area contributed by atoms with Gasteiger partial charge in [-0.15, -0.1) is 0 Å². The van der Waals surface area contributed by atoms with Gasteiger partial charge in [0.15, 0.2) is 0 Å². The second kappa shape index (κ2) is 16.2. The van der Waals surface area contributed by atoms with Crippen LogP contribution in [0.1, 0.15) is 0 Å². The lowest BCUT2D eigenvalue weighted by Crippen LogP contribution is -1.93. The molecule has 0 fully saturated rings. The standard InChI is InChI=1S/C62H42/c1-4-16-43(17-5-1)45-30-34-47(35-31-45)50-22-14-24-53(40-50)61-57-28-12-13-29-58(57)62(54-25-15-23-51(41-54)48-36-32-46(33-37-48)44-18-6-2-7-19-44)60-42-52(38-39-59(60)61)56-27-11-10-26-55(56)49-20-8-3-9-21-49/h1-42H. The highest BCUT2D eigenvalue weighted by Gasteiger charge is 2.19. The van der Waals surface area contributed by atoms with Crippen LogP contribution in [-0.4, -0.2) is 0 Å². The van der Waals surface area contributed by atoms with Crippen LogP contribution in [0.15, 0.2) is 255 Å². The van der Waals surface area contributed by atoms with E-state index in [0.29, 0.717) is 0 Å². The first-order valence-corrected chi connectivity index (χ1v) is 21.4. The van der Waals surface area contributed by atoms with Crippen molar-refractivity contribution in [2.45, 2.75) is 0 Å². The highest BCUT2D eigenvalue weighted by molar-refractivity contribution is 6.22. The zero-order chi connectivity index (χ0) is 41.2. The third-order valence-electron chi connectivity index (χ3n) is 12.3. The Morgan fingerprint density at radius 2 is 0.452 bits per heavy atom. The average molecular weight is 787 g/mol. The van der Waals surface area contributed by atoms with Crippen LogP contribution in [0.4, 0.5) is 0 Å². The van der Waals surface area contributed by atoms with Gasteiger partial charge in [0.25, 0.3) is 0 Å². The molecule has 0 bridgehead atoms. The third kappa shape index (κ3) is 6.98. The van der Waals surface area contributed by atoms with Gasteiger partial charge in [0.2, 0.25) is 0 Å². The molecule has 11 aromatic carbocycles. The number of benzene rings is 11. The summed E-state index contributed by atoms with van der Waals surface area (Å²) in [4.78, 5) is 0. The highest BCUT2D eigenvalue weighted by Crippen LogP contribution is 2.47. The van der Waals surface area contributed by atoms with E-state index >= 15 is 0 Å². The summed E-state index contributed by atoms with van der Waals surface area (Å²) in [6, 6.07) is 93.0. The Hall–Kier alpha value is -8.06. The molecule has 0 heteroatoms. The maximum atomic E-state index is 2.44. The van der Waals surface area contributed by atoms with Crippen molar-refractivity contribution in [3.63, 3.8) is 0 Å². The monoisotopic (exact) mass is 786 g/mol. The van der Waals surface area contributed by atoms with E-state index in [2.05, 4.69) is 255 Å². The van der Waals surface area contributed by atoms with Gasteiger partial charge in [0, 0.05) is 0 Å². The van der Waals surface area contributed by atoms with Gasteiger partial charge in [-0.05, 0) is 129 Å². The fourth-order valence-corrected chi connectivity index (χ4v) is 9.25. The Kier molecular flexibility index (Phi) is 9.65. The molecule has 0 aliphatic heterocycles. The van der Waals surface area contributed by atoms with E-state index in [1.54, 1.807) is 0 Å². The van der Waals surface area contributed by atoms with Crippen molar-refractivity contribution in [3.8, 4) is 89.0 Å². The quantitative estimate of drug-likeness (QED) is 0.135. The first kappa shape index (κ1) is 37.0. The van der Waals surface area contributed by atoms with Gasteiger partial charge in [-0.1, -0.05) is 237 Å². The summed E-state index contributed by atoms with van der Waals surface area (Å²) in [5.41, 5.74) is 19.4. The van der Waals surface area contributed by atoms with Crippen LogP contribution < -0.4 is 0 Å². The maximum absolute atomic E-state index is 2.44. The summed E-state index contributed by atoms with van der Waals surface area (Å²) in [7, 11) is 0.